The maximum Gasteiger partial charge on any atom is 0.136 e. The van der Waals surface area contributed by atoms with Crippen LogP contribution in [-0.4, -0.2) is 0 Å². The Kier molecular flexibility index (Phi) is 6.03. The Morgan fingerprint density at radius 2 is 0.900 bits per heavy atom. The zero-order valence-corrected chi connectivity index (χ0v) is 28.4. The van der Waals surface area contributed by atoms with Gasteiger partial charge in [-0.25, -0.2) is 0 Å². The Hall–Kier alpha value is -5.94. The largest absolute Gasteiger partial charge is 0.456 e. The summed E-state index contributed by atoms with van der Waals surface area (Å²) in [7, 11) is 0. The summed E-state index contributed by atoms with van der Waals surface area (Å²) in [6.45, 7) is 0. The fraction of sp³-hybridized carbons (Fsp3) is 0. The summed E-state index contributed by atoms with van der Waals surface area (Å²) in [6.07, 6.45) is 0. The van der Waals surface area contributed by atoms with Crippen molar-refractivity contribution >= 4 is 113 Å². The molecule has 8 aromatic carbocycles. The molecule has 0 saturated heterocycles. The molecule has 3 heterocycles. The van der Waals surface area contributed by atoms with E-state index in [9.17, 15) is 0 Å². The van der Waals surface area contributed by atoms with Gasteiger partial charge < -0.3 is 9.32 Å². The maximum absolute atomic E-state index is 6.16. The van der Waals surface area contributed by atoms with E-state index in [2.05, 4.69) is 157 Å². The third kappa shape index (κ3) is 4.32. The molecule has 4 heteroatoms. The molecule has 0 atom stereocenters. The highest BCUT2D eigenvalue weighted by Gasteiger charge is 2.17. The minimum Gasteiger partial charge on any atom is -0.456 e. The molecule has 3 aromatic heterocycles. The van der Waals surface area contributed by atoms with E-state index in [0.29, 0.717) is 0 Å². The van der Waals surface area contributed by atoms with E-state index in [1.165, 1.54) is 62.2 Å². The fourth-order valence-corrected chi connectivity index (χ4v) is 9.88. The summed E-state index contributed by atoms with van der Waals surface area (Å²) in [4.78, 5) is 2.40. The normalized spacial score (nSPS) is 12.0. The Morgan fingerprint density at radius 1 is 0.340 bits per heavy atom. The number of nitrogens with zero attached hydrogens (tertiary/aromatic N) is 1. The molecule has 0 N–H and O–H groups in total. The van der Waals surface area contributed by atoms with Gasteiger partial charge in [-0.2, -0.15) is 0 Å². The molecule has 11 rings (SSSR count). The van der Waals surface area contributed by atoms with Gasteiger partial charge in [0, 0.05) is 68.2 Å². The standard InChI is InChI=1S/C46H27NOS2/c1-4-10-41-35(7-1)40-24-31-23-29(13-14-30(31)25-42(40)48-41)28-15-17-32(18-16-28)47(33-19-21-38-36-8-2-5-11-43(36)49-45(38)26-33)34-20-22-39-37-9-3-6-12-44(37)50-46(39)27-34/h1-27H. The summed E-state index contributed by atoms with van der Waals surface area (Å²) in [5.41, 5.74) is 7.67. The Morgan fingerprint density at radius 3 is 1.58 bits per heavy atom. The summed E-state index contributed by atoms with van der Waals surface area (Å²) in [6, 6.07) is 59.7. The zero-order valence-electron chi connectivity index (χ0n) is 26.8. The van der Waals surface area contributed by atoms with Crippen LogP contribution in [-0.2, 0) is 0 Å². The number of benzene rings is 8. The number of furan rings is 1. The second kappa shape index (κ2) is 10.8. The van der Waals surface area contributed by atoms with Gasteiger partial charge in [0.25, 0.3) is 0 Å². The summed E-state index contributed by atoms with van der Waals surface area (Å²) in [5, 5.41) is 9.95. The smallest absolute Gasteiger partial charge is 0.136 e. The van der Waals surface area contributed by atoms with Crippen molar-refractivity contribution in [2.75, 3.05) is 4.90 Å². The van der Waals surface area contributed by atoms with Crippen LogP contribution >= 0.6 is 22.7 Å². The van der Waals surface area contributed by atoms with Crippen molar-refractivity contribution < 1.29 is 4.42 Å². The molecule has 0 spiro atoms. The molecule has 234 valence electrons. The lowest BCUT2D eigenvalue weighted by molar-refractivity contribution is 0.669. The minimum atomic E-state index is 0.927. The van der Waals surface area contributed by atoms with Crippen LogP contribution in [0.5, 0.6) is 0 Å². The molecule has 0 aliphatic carbocycles. The monoisotopic (exact) mass is 673 g/mol. The second-order valence-corrected chi connectivity index (χ2v) is 15.1. The first-order valence-electron chi connectivity index (χ1n) is 16.8. The van der Waals surface area contributed by atoms with Crippen molar-refractivity contribution in [2.45, 2.75) is 0 Å². The number of thiophene rings is 2. The van der Waals surface area contributed by atoms with E-state index in [4.69, 9.17) is 4.42 Å². The highest BCUT2D eigenvalue weighted by molar-refractivity contribution is 7.26. The Labute approximate surface area is 295 Å². The molecule has 50 heavy (non-hydrogen) atoms. The Balaban J connectivity index is 1.04. The van der Waals surface area contributed by atoms with Crippen LogP contribution in [0.15, 0.2) is 168 Å². The molecule has 0 amide bonds. The van der Waals surface area contributed by atoms with Gasteiger partial charge in [0.05, 0.1) is 0 Å². The van der Waals surface area contributed by atoms with E-state index >= 15 is 0 Å². The van der Waals surface area contributed by atoms with E-state index in [0.717, 1.165) is 39.0 Å². The van der Waals surface area contributed by atoms with Crippen molar-refractivity contribution in [2.24, 2.45) is 0 Å². The second-order valence-electron chi connectivity index (χ2n) is 12.9. The van der Waals surface area contributed by atoms with E-state index in [1.54, 1.807) is 0 Å². The van der Waals surface area contributed by atoms with Crippen LogP contribution in [0.4, 0.5) is 17.1 Å². The van der Waals surface area contributed by atoms with Gasteiger partial charge in [-0.05, 0) is 94.7 Å². The van der Waals surface area contributed by atoms with Gasteiger partial charge in [-0.3, -0.25) is 0 Å². The highest BCUT2D eigenvalue weighted by Crippen LogP contribution is 2.43. The third-order valence-electron chi connectivity index (χ3n) is 10.0. The fourth-order valence-electron chi connectivity index (χ4n) is 7.61. The van der Waals surface area contributed by atoms with E-state index in [1.807, 2.05) is 34.8 Å². The summed E-state index contributed by atoms with van der Waals surface area (Å²) in [5.74, 6) is 0. The third-order valence-corrected chi connectivity index (χ3v) is 12.3. The van der Waals surface area contributed by atoms with Crippen LogP contribution in [0.2, 0.25) is 0 Å². The summed E-state index contributed by atoms with van der Waals surface area (Å²) >= 11 is 3.72. The number of fused-ring (bicyclic) bond motifs is 10. The lowest BCUT2D eigenvalue weighted by atomic mass is 9.99. The van der Waals surface area contributed by atoms with Gasteiger partial charge in [0.1, 0.15) is 11.2 Å². The predicted molar refractivity (Wildman–Crippen MR) is 217 cm³/mol. The number of rotatable bonds is 4. The molecule has 2 nitrogen and oxygen atoms in total. The van der Waals surface area contributed by atoms with Gasteiger partial charge in [0.15, 0.2) is 0 Å². The minimum absolute atomic E-state index is 0.927. The van der Waals surface area contributed by atoms with Gasteiger partial charge in [-0.1, -0.05) is 91.0 Å². The van der Waals surface area contributed by atoms with Crippen molar-refractivity contribution in [3.05, 3.63) is 164 Å². The first-order chi connectivity index (χ1) is 24.7. The van der Waals surface area contributed by atoms with Crippen LogP contribution in [0.1, 0.15) is 0 Å². The lowest BCUT2D eigenvalue weighted by Crippen LogP contribution is -2.09. The molecule has 0 saturated carbocycles. The molecule has 0 bridgehead atoms. The van der Waals surface area contributed by atoms with Crippen LogP contribution in [0, 0.1) is 0 Å². The molecule has 0 fully saturated rings. The zero-order chi connectivity index (χ0) is 32.8. The van der Waals surface area contributed by atoms with Crippen molar-refractivity contribution in [3.8, 4) is 11.1 Å². The molecule has 0 aliphatic heterocycles. The number of anilines is 3. The van der Waals surface area contributed by atoms with Gasteiger partial charge in [-0.15, -0.1) is 22.7 Å². The maximum atomic E-state index is 6.16. The number of hydrogen-bond acceptors (Lipinski definition) is 4. The van der Waals surface area contributed by atoms with Crippen molar-refractivity contribution in [3.63, 3.8) is 0 Å². The molecule has 0 aliphatic rings. The first-order valence-corrected chi connectivity index (χ1v) is 18.5. The van der Waals surface area contributed by atoms with Crippen LogP contribution in [0.25, 0.3) is 84.2 Å². The quantitative estimate of drug-likeness (QED) is 0.185. The summed E-state index contributed by atoms with van der Waals surface area (Å²) < 4.78 is 11.4. The first kappa shape index (κ1) is 28.0. The highest BCUT2D eigenvalue weighted by atomic mass is 32.1. The molecule has 0 radical (unpaired) electrons. The average Bonchev–Trinajstić information content (AvgIpc) is 3.84. The van der Waals surface area contributed by atoms with Gasteiger partial charge >= 0.3 is 0 Å². The lowest BCUT2D eigenvalue weighted by Gasteiger charge is -2.26. The predicted octanol–water partition coefficient (Wildman–Crippen LogP) is 14.6. The van der Waals surface area contributed by atoms with Crippen LogP contribution in [0.3, 0.4) is 0 Å². The Bertz CT molecular complexity index is 2990. The average molecular weight is 674 g/mol. The molecular weight excluding hydrogens is 647 g/mol. The van der Waals surface area contributed by atoms with E-state index < -0.39 is 0 Å². The number of hydrogen-bond donors (Lipinski definition) is 0. The topological polar surface area (TPSA) is 16.4 Å². The molecular formula is C46H27NOS2. The SMILES string of the molecule is c1ccc2c(c1)oc1cc3ccc(-c4ccc(N(c5ccc6c(c5)sc5ccccc56)c5ccc6c(c5)sc5ccccc56)cc4)cc3cc12. The van der Waals surface area contributed by atoms with Crippen molar-refractivity contribution in [1.82, 2.24) is 0 Å². The van der Waals surface area contributed by atoms with Crippen LogP contribution < -0.4 is 4.90 Å². The van der Waals surface area contributed by atoms with Gasteiger partial charge in [0.2, 0.25) is 0 Å². The van der Waals surface area contributed by atoms with E-state index in [-0.39, 0.29) is 0 Å². The van der Waals surface area contributed by atoms with Crippen molar-refractivity contribution in [1.29, 1.82) is 0 Å². The molecule has 0 unspecified atom stereocenters. The molecule has 11 aromatic rings. The number of para-hydroxylation sites is 1.